The normalized spacial score (nSPS) is 40.8. The fraction of sp³-hybridized carbons (Fsp3) is 0.632. The Bertz CT molecular complexity index is 604. The van der Waals surface area contributed by atoms with Crippen molar-refractivity contribution >= 4 is 16.8 Å². The Morgan fingerprint density at radius 2 is 1.65 bits per heavy atom. The maximum Gasteiger partial charge on any atom is 0.120 e. The number of hydrogen-bond acceptors (Lipinski definition) is 4. The van der Waals surface area contributed by atoms with E-state index >= 15 is 0 Å². The summed E-state index contributed by atoms with van der Waals surface area (Å²) < 4.78 is 5.26. The minimum Gasteiger partial charge on any atom is -0.497 e. The van der Waals surface area contributed by atoms with Gasteiger partial charge in [0.2, 0.25) is 0 Å². The lowest BCUT2D eigenvalue weighted by atomic mass is 9.50. The number of nitrogens with zero attached hydrogens (tertiary/aromatic N) is 1. The van der Waals surface area contributed by atoms with Gasteiger partial charge in [0.25, 0.3) is 0 Å². The maximum atomic E-state index is 5.26. The molecule has 122 valence electrons. The zero-order chi connectivity index (χ0) is 15.4. The summed E-state index contributed by atoms with van der Waals surface area (Å²) in [6.45, 7) is 0. The summed E-state index contributed by atoms with van der Waals surface area (Å²) >= 11 is 1.96. The van der Waals surface area contributed by atoms with Crippen LogP contribution in [0.2, 0.25) is 0 Å². The Morgan fingerprint density at radius 1 is 1.04 bits per heavy atom. The van der Waals surface area contributed by atoms with Gasteiger partial charge in [0, 0.05) is 5.41 Å². The lowest BCUT2D eigenvalue weighted by Gasteiger charge is -2.56. The number of hydrogen-bond donors (Lipinski definition) is 1. The molecule has 1 N–H and O–H groups in total. The Hall–Kier alpha value is -1.16. The minimum atomic E-state index is 0.268. The maximum absolute atomic E-state index is 5.26. The average molecular weight is 328 g/mol. The van der Waals surface area contributed by atoms with E-state index in [-0.39, 0.29) is 5.37 Å². The molecule has 4 fully saturated rings. The van der Waals surface area contributed by atoms with Gasteiger partial charge in [-0.15, -0.1) is 0 Å². The molecule has 0 aromatic heterocycles. The van der Waals surface area contributed by atoms with Crippen molar-refractivity contribution in [3.05, 3.63) is 29.8 Å². The van der Waals surface area contributed by atoms with Crippen molar-refractivity contribution in [2.45, 2.75) is 43.9 Å². The molecule has 4 bridgehead atoms. The second-order valence-electron chi connectivity index (χ2n) is 8.01. The first kappa shape index (κ1) is 14.2. The molecule has 1 heterocycles. The van der Waals surface area contributed by atoms with E-state index in [0.717, 1.165) is 23.5 Å². The Labute approximate surface area is 142 Å². The zero-order valence-electron chi connectivity index (χ0n) is 13.6. The average Bonchev–Trinajstić information content (AvgIpc) is 3.04. The molecule has 1 unspecified atom stereocenters. The van der Waals surface area contributed by atoms with E-state index in [0.29, 0.717) is 5.41 Å². The van der Waals surface area contributed by atoms with Crippen molar-refractivity contribution in [2.75, 3.05) is 7.11 Å². The van der Waals surface area contributed by atoms with Gasteiger partial charge in [0.1, 0.15) is 16.2 Å². The van der Waals surface area contributed by atoms with Crippen LogP contribution >= 0.6 is 11.8 Å². The second kappa shape index (κ2) is 5.17. The van der Waals surface area contributed by atoms with Crippen molar-refractivity contribution < 1.29 is 4.74 Å². The standard InChI is InChI=1S/C19H24N2OS/c1-22-16-4-2-15(3-5-16)17-20-21-18(23-17)19-9-12-6-13(10-19)8-14(7-12)11-19/h2-5,12-14,17,20H,6-11H2,1H3. The quantitative estimate of drug-likeness (QED) is 0.883. The molecule has 1 aromatic rings. The Morgan fingerprint density at radius 3 is 2.22 bits per heavy atom. The second-order valence-corrected chi connectivity index (χ2v) is 9.11. The highest BCUT2D eigenvalue weighted by molar-refractivity contribution is 8.14. The Balaban J connectivity index is 1.35. The van der Waals surface area contributed by atoms with E-state index in [4.69, 9.17) is 9.84 Å². The van der Waals surface area contributed by atoms with Crippen LogP contribution in [0, 0.1) is 23.2 Å². The number of methoxy groups -OCH3 is 1. The molecule has 4 saturated carbocycles. The molecular weight excluding hydrogens is 304 g/mol. The molecule has 0 radical (unpaired) electrons. The fourth-order valence-electron chi connectivity index (χ4n) is 5.82. The van der Waals surface area contributed by atoms with Gasteiger partial charge in [-0.2, -0.15) is 5.10 Å². The van der Waals surface area contributed by atoms with Gasteiger partial charge in [-0.05, 0) is 74.0 Å². The van der Waals surface area contributed by atoms with Crippen LogP contribution in [0.25, 0.3) is 0 Å². The van der Waals surface area contributed by atoms with Crippen molar-refractivity contribution in [3.63, 3.8) is 0 Å². The molecular formula is C19H24N2OS. The van der Waals surface area contributed by atoms with Crippen LogP contribution in [0.15, 0.2) is 29.4 Å². The van der Waals surface area contributed by atoms with Crippen LogP contribution in [0.3, 0.4) is 0 Å². The highest BCUT2D eigenvalue weighted by Gasteiger charge is 2.54. The summed E-state index contributed by atoms with van der Waals surface area (Å²) in [6, 6.07) is 8.39. The molecule has 5 aliphatic rings. The fourth-order valence-corrected chi connectivity index (χ4v) is 7.05. The molecule has 0 saturated heterocycles. The van der Waals surface area contributed by atoms with Crippen LogP contribution in [-0.2, 0) is 0 Å². The summed E-state index contributed by atoms with van der Waals surface area (Å²) in [5, 5.41) is 6.49. The van der Waals surface area contributed by atoms with Crippen LogP contribution in [0.4, 0.5) is 0 Å². The van der Waals surface area contributed by atoms with Gasteiger partial charge in [-0.3, -0.25) is 5.43 Å². The van der Waals surface area contributed by atoms with Gasteiger partial charge in [0.15, 0.2) is 0 Å². The third kappa shape index (κ3) is 2.29. The van der Waals surface area contributed by atoms with Gasteiger partial charge in [0.05, 0.1) is 7.11 Å². The number of benzene rings is 1. The topological polar surface area (TPSA) is 33.6 Å². The lowest BCUT2D eigenvalue weighted by molar-refractivity contribution is -0.0106. The number of hydrazone groups is 1. The third-order valence-electron chi connectivity index (χ3n) is 6.42. The van der Waals surface area contributed by atoms with E-state index in [2.05, 4.69) is 17.6 Å². The first-order chi connectivity index (χ1) is 11.2. The molecule has 23 heavy (non-hydrogen) atoms. The van der Waals surface area contributed by atoms with Crippen molar-refractivity contribution in [1.82, 2.24) is 5.43 Å². The SMILES string of the molecule is COc1ccc(C2NN=C(C34CC5CC(CC(C5)C3)C4)S2)cc1. The molecule has 0 spiro atoms. The van der Waals surface area contributed by atoms with Crippen LogP contribution in [0.1, 0.15) is 49.5 Å². The first-order valence-electron chi connectivity index (χ1n) is 8.88. The lowest BCUT2D eigenvalue weighted by Crippen LogP contribution is -2.49. The predicted molar refractivity (Wildman–Crippen MR) is 94.5 cm³/mol. The van der Waals surface area contributed by atoms with Crippen molar-refractivity contribution in [1.29, 1.82) is 0 Å². The van der Waals surface area contributed by atoms with Crippen molar-refractivity contribution in [2.24, 2.45) is 28.3 Å². The Kier molecular flexibility index (Phi) is 3.19. The van der Waals surface area contributed by atoms with E-state index < -0.39 is 0 Å². The number of nitrogens with one attached hydrogen (secondary N) is 1. The van der Waals surface area contributed by atoms with E-state index in [1.54, 1.807) is 7.11 Å². The molecule has 4 aliphatic carbocycles. The van der Waals surface area contributed by atoms with Crippen LogP contribution in [0.5, 0.6) is 5.75 Å². The molecule has 1 aliphatic heterocycles. The van der Waals surface area contributed by atoms with Gasteiger partial charge < -0.3 is 4.74 Å². The first-order valence-corrected chi connectivity index (χ1v) is 9.76. The highest BCUT2D eigenvalue weighted by atomic mass is 32.2. The summed E-state index contributed by atoms with van der Waals surface area (Å²) in [6.07, 6.45) is 8.65. The van der Waals surface area contributed by atoms with Gasteiger partial charge >= 0.3 is 0 Å². The van der Waals surface area contributed by atoms with Crippen LogP contribution in [-0.4, -0.2) is 12.2 Å². The molecule has 0 amide bonds. The number of thioether (sulfide) groups is 1. The molecule has 4 heteroatoms. The van der Waals surface area contributed by atoms with Crippen LogP contribution < -0.4 is 10.2 Å². The summed E-state index contributed by atoms with van der Waals surface area (Å²) in [7, 11) is 1.71. The van der Waals surface area contributed by atoms with Crippen molar-refractivity contribution in [3.8, 4) is 5.75 Å². The smallest absolute Gasteiger partial charge is 0.120 e. The van der Waals surface area contributed by atoms with E-state index in [1.165, 1.54) is 49.1 Å². The minimum absolute atomic E-state index is 0.268. The molecule has 1 atom stereocenters. The molecule has 1 aromatic carbocycles. The number of rotatable bonds is 3. The molecule has 3 nitrogen and oxygen atoms in total. The third-order valence-corrected chi connectivity index (χ3v) is 7.78. The van der Waals surface area contributed by atoms with Gasteiger partial charge in [-0.1, -0.05) is 23.9 Å². The summed E-state index contributed by atoms with van der Waals surface area (Å²) in [5.74, 6) is 3.85. The summed E-state index contributed by atoms with van der Waals surface area (Å²) in [4.78, 5) is 0. The summed E-state index contributed by atoms with van der Waals surface area (Å²) in [5.41, 5.74) is 5.10. The molecule has 6 rings (SSSR count). The monoisotopic (exact) mass is 328 g/mol. The van der Waals surface area contributed by atoms with Gasteiger partial charge in [-0.25, -0.2) is 0 Å². The van der Waals surface area contributed by atoms with E-state index in [9.17, 15) is 0 Å². The number of ether oxygens (including phenoxy) is 1. The zero-order valence-corrected chi connectivity index (χ0v) is 14.4. The highest BCUT2D eigenvalue weighted by Crippen LogP contribution is 2.62. The largest absolute Gasteiger partial charge is 0.497 e. The predicted octanol–water partition coefficient (Wildman–Crippen LogP) is 4.56. The van der Waals surface area contributed by atoms with E-state index in [1.807, 2.05) is 23.9 Å².